The lowest BCUT2D eigenvalue weighted by molar-refractivity contribution is -0.137. The first-order chi connectivity index (χ1) is 9.74. The Labute approximate surface area is 121 Å². The molecule has 0 aromatic heterocycles. The van der Waals surface area contributed by atoms with Crippen molar-refractivity contribution in [2.24, 2.45) is 0 Å². The first-order valence-electron chi connectivity index (χ1n) is 5.99. The van der Waals surface area contributed by atoms with E-state index in [9.17, 15) is 21.6 Å². The second-order valence-corrected chi connectivity index (χ2v) is 5.94. The average Bonchev–Trinajstić information content (AvgIpc) is 2.37. The number of sulfonamides is 1. The van der Waals surface area contributed by atoms with Gasteiger partial charge in [0, 0.05) is 12.8 Å². The molecule has 0 spiro atoms. The third-order valence-electron chi connectivity index (χ3n) is 2.41. The van der Waals surface area contributed by atoms with Crippen LogP contribution in [0.15, 0.2) is 24.3 Å². The van der Waals surface area contributed by atoms with Gasteiger partial charge in [-0.25, -0.2) is 8.42 Å². The fourth-order valence-electron chi connectivity index (χ4n) is 1.37. The molecule has 0 aliphatic heterocycles. The Kier molecular flexibility index (Phi) is 6.43. The van der Waals surface area contributed by atoms with Gasteiger partial charge in [0.25, 0.3) is 0 Å². The zero-order chi connectivity index (χ0) is 15.9. The van der Waals surface area contributed by atoms with Crippen LogP contribution in [-0.2, 0) is 25.7 Å². The summed E-state index contributed by atoms with van der Waals surface area (Å²) >= 11 is 0. The zero-order valence-electron chi connectivity index (χ0n) is 11.3. The van der Waals surface area contributed by atoms with E-state index < -0.39 is 21.8 Å². The number of methoxy groups -OCH3 is 1. The number of hydrogen-bond donors (Lipinski definition) is 1. The molecule has 0 saturated carbocycles. The van der Waals surface area contributed by atoms with Gasteiger partial charge in [-0.15, -0.1) is 0 Å². The molecule has 1 aromatic carbocycles. The smallest absolute Gasteiger partial charge is 0.382 e. The predicted octanol–water partition coefficient (Wildman–Crippen LogP) is 2.11. The summed E-state index contributed by atoms with van der Waals surface area (Å²) in [6.07, 6.45) is -4.45. The van der Waals surface area contributed by atoms with Crippen molar-refractivity contribution in [2.45, 2.75) is 6.18 Å². The summed E-state index contributed by atoms with van der Waals surface area (Å²) in [5.41, 5.74) is -0.770. The molecule has 0 aliphatic rings. The van der Waals surface area contributed by atoms with Gasteiger partial charge in [-0.3, -0.25) is 4.72 Å². The van der Waals surface area contributed by atoms with Crippen LogP contribution in [0.1, 0.15) is 5.56 Å². The van der Waals surface area contributed by atoms with Crippen molar-refractivity contribution in [3.63, 3.8) is 0 Å². The number of hydrogen-bond acceptors (Lipinski definition) is 4. The lowest BCUT2D eigenvalue weighted by Gasteiger charge is -2.10. The second kappa shape index (κ2) is 7.62. The number of ether oxygens (including phenoxy) is 2. The molecule has 0 radical (unpaired) electrons. The largest absolute Gasteiger partial charge is 0.416 e. The molecule has 1 aromatic rings. The van der Waals surface area contributed by atoms with Crippen molar-refractivity contribution in [1.29, 1.82) is 0 Å². The van der Waals surface area contributed by atoms with Gasteiger partial charge >= 0.3 is 6.18 Å². The fourth-order valence-corrected chi connectivity index (χ4v) is 2.31. The fraction of sp³-hybridized carbons (Fsp3) is 0.500. The molecule has 120 valence electrons. The number of benzene rings is 1. The van der Waals surface area contributed by atoms with Crippen LogP contribution in [0.4, 0.5) is 18.9 Å². The molecule has 0 aliphatic carbocycles. The van der Waals surface area contributed by atoms with Crippen LogP contribution >= 0.6 is 0 Å². The first kappa shape index (κ1) is 17.7. The van der Waals surface area contributed by atoms with Crippen molar-refractivity contribution in [3.8, 4) is 0 Å². The topological polar surface area (TPSA) is 64.6 Å². The molecule has 0 heterocycles. The maximum absolute atomic E-state index is 12.4. The number of rotatable bonds is 8. The number of alkyl halides is 3. The summed E-state index contributed by atoms with van der Waals surface area (Å²) < 4.78 is 72.3. The minimum atomic E-state index is -4.45. The van der Waals surface area contributed by atoms with Crippen LogP contribution in [0.25, 0.3) is 0 Å². The quantitative estimate of drug-likeness (QED) is 0.743. The highest BCUT2D eigenvalue weighted by Gasteiger charge is 2.30. The van der Waals surface area contributed by atoms with Gasteiger partial charge in [-0.1, -0.05) is 0 Å². The van der Waals surface area contributed by atoms with E-state index in [-0.39, 0.29) is 24.7 Å². The minimum absolute atomic E-state index is 0.0284. The van der Waals surface area contributed by atoms with Crippen LogP contribution in [0, 0.1) is 0 Å². The molecule has 0 fully saturated rings. The lowest BCUT2D eigenvalue weighted by atomic mass is 10.2. The summed E-state index contributed by atoms with van der Waals surface area (Å²) in [6, 6.07) is 3.75. The van der Waals surface area contributed by atoms with E-state index in [1.54, 1.807) is 0 Å². The first-order valence-corrected chi connectivity index (χ1v) is 7.64. The van der Waals surface area contributed by atoms with Crippen molar-refractivity contribution in [2.75, 3.05) is 37.4 Å². The Hall–Kier alpha value is -1.32. The van der Waals surface area contributed by atoms with Gasteiger partial charge in [0.15, 0.2) is 0 Å². The summed E-state index contributed by atoms with van der Waals surface area (Å²) in [5.74, 6) is -0.294. The van der Waals surface area contributed by atoms with Gasteiger partial charge < -0.3 is 9.47 Å². The average molecular weight is 327 g/mol. The summed E-state index contributed by atoms with van der Waals surface area (Å²) in [5, 5.41) is 0. The molecule has 0 amide bonds. The van der Waals surface area contributed by atoms with Crippen molar-refractivity contribution < 1.29 is 31.1 Å². The summed E-state index contributed by atoms with van der Waals surface area (Å²) in [7, 11) is -2.17. The number of anilines is 1. The van der Waals surface area contributed by atoms with Crippen LogP contribution in [-0.4, -0.2) is 41.1 Å². The third kappa shape index (κ3) is 6.78. The number of nitrogens with one attached hydrogen (secondary N) is 1. The molecular formula is C12H16F3NO4S. The Morgan fingerprint density at radius 2 is 1.71 bits per heavy atom. The normalized spacial score (nSPS) is 12.4. The van der Waals surface area contributed by atoms with E-state index >= 15 is 0 Å². The van der Waals surface area contributed by atoms with Crippen LogP contribution in [0.5, 0.6) is 0 Å². The molecule has 1 rings (SSSR count). The van der Waals surface area contributed by atoms with E-state index in [1.807, 2.05) is 0 Å². The molecule has 0 saturated heterocycles. The molecule has 0 bridgehead atoms. The maximum Gasteiger partial charge on any atom is 0.416 e. The van der Waals surface area contributed by atoms with Crippen LogP contribution < -0.4 is 4.72 Å². The lowest BCUT2D eigenvalue weighted by Crippen LogP contribution is -2.21. The van der Waals surface area contributed by atoms with Gasteiger partial charge in [-0.05, 0) is 24.3 Å². The highest BCUT2D eigenvalue weighted by molar-refractivity contribution is 7.92. The van der Waals surface area contributed by atoms with Crippen molar-refractivity contribution in [1.82, 2.24) is 0 Å². The molecule has 9 heteroatoms. The highest BCUT2D eigenvalue weighted by atomic mass is 32.2. The third-order valence-corrected chi connectivity index (χ3v) is 3.66. The van der Waals surface area contributed by atoms with Crippen LogP contribution in [0.2, 0.25) is 0 Å². The zero-order valence-corrected chi connectivity index (χ0v) is 12.1. The summed E-state index contributed by atoms with van der Waals surface area (Å²) in [6.45, 7) is 0.595. The highest BCUT2D eigenvalue weighted by Crippen LogP contribution is 2.29. The second-order valence-electron chi connectivity index (χ2n) is 4.10. The molecule has 0 unspecified atom stereocenters. The van der Waals surface area contributed by atoms with Gasteiger partial charge in [0.2, 0.25) is 10.0 Å². The van der Waals surface area contributed by atoms with E-state index in [1.165, 1.54) is 7.11 Å². The molecule has 21 heavy (non-hydrogen) atoms. The molecular weight excluding hydrogens is 311 g/mol. The van der Waals surface area contributed by atoms with Gasteiger partial charge in [-0.2, -0.15) is 13.2 Å². The Balaban J connectivity index is 2.51. The van der Waals surface area contributed by atoms with E-state index in [2.05, 4.69) is 4.72 Å². The minimum Gasteiger partial charge on any atom is -0.382 e. The summed E-state index contributed by atoms with van der Waals surface area (Å²) in [4.78, 5) is 0. The molecule has 0 atom stereocenters. The monoisotopic (exact) mass is 327 g/mol. The van der Waals surface area contributed by atoms with Crippen molar-refractivity contribution in [3.05, 3.63) is 29.8 Å². The number of halogens is 3. The van der Waals surface area contributed by atoms with Crippen molar-refractivity contribution >= 4 is 15.7 Å². The molecule has 5 nitrogen and oxygen atoms in total. The van der Waals surface area contributed by atoms with Gasteiger partial charge in [0.1, 0.15) is 0 Å². The maximum atomic E-state index is 12.4. The Morgan fingerprint density at radius 3 is 2.24 bits per heavy atom. The van der Waals surface area contributed by atoms with E-state index in [0.717, 1.165) is 24.3 Å². The van der Waals surface area contributed by atoms with E-state index in [4.69, 9.17) is 9.47 Å². The van der Waals surface area contributed by atoms with Gasteiger partial charge in [0.05, 0.1) is 31.1 Å². The van der Waals surface area contributed by atoms with Crippen LogP contribution in [0.3, 0.4) is 0 Å². The standard InChI is InChI=1S/C12H16F3NO4S/c1-19-6-7-20-8-9-21(17,18)16-11-4-2-10(3-5-11)12(13,14)15/h2-5,16H,6-9H2,1H3. The Bertz CT molecular complexity index is 528. The van der Waals surface area contributed by atoms with E-state index in [0.29, 0.717) is 6.61 Å². The molecule has 1 N–H and O–H groups in total. The Morgan fingerprint density at radius 1 is 1.10 bits per heavy atom. The predicted molar refractivity (Wildman–Crippen MR) is 71.5 cm³/mol. The SMILES string of the molecule is COCCOCCS(=O)(=O)Nc1ccc(C(F)(F)F)cc1.